The number of carbonyl (C=O) groups is 2. The molecule has 2 amide bonds. The van der Waals surface area contributed by atoms with Crippen LogP contribution in [0.25, 0.3) is 11.3 Å². The number of amides is 2. The van der Waals surface area contributed by atoms with Gasteiger partial charge in [0, 0.05) is 41.5 Å². The first-order valence-corrected chi connectivity index (χ1v) is 11.1. The first kappa shape index (κ1) is 23.2. The summed E-state index contributed by atoms with van der Waals surface area (Å²) in [7, 11) is 0. The number of ether oxygens (including phenoxy) is 1. The van der Waals surface area contributed by atoms with E-state index in [9.17, 15) is 9.59 Å². The third-order valence-electron chi connectivity index (χ3n) is 4.34. The smallest absolute Gasteiger partial charge is 0.410 e. The number of anilines is 2. The largest absolute Gasteiger partial charge is 0.444 e. The van der Waals surface area contributed by atoms with Crippen molar-refractivity contribution >= 4 is 34.2 Å². The van der Waals surface area contributed by atoms with Gasteiger partial charge in [-0.3, -0.25) is 14.7 Å². The molecule has 3 rings (SSSR count). The highest BCUT2D eigenvalue weighted by Crippen LogP contribution is 2.24. The Morgan fingerprint density at radius 3 is 2.50 bits per heavy atom. The van der Waals surface area contributed by atoms with Crippen LogP contribution in [0.4, 0.5) is 15.6 Å². The summed E-state index contributed by atoms with van der Waals surface area (Å²) in [6, 6.07) is 12.9. The Bertz CT molecular complexity index is 1050. The van der Waals surface area contributed by atoms with E-state index in [4.69, 9.17) is 10.5 Å². The van der Waals surface area contributed by atoms with Gasteiger partial charge >= 0.3 is 6.09 Å². The molecule has 9 heteroatoms. The predicted octanol–water partition coefficient (Wildman–Crippen LogP) is 4.21. The molecule has 0 unspecified atom stereocenters. The van der Waals surface area contributed by atoms with E-state index >= 15 is 0 Å². The van der Waals surface area contributed by atoms with E-state index in [1.54, 1.807) is 39.1 Å². The van der Waals surface area contributed by atoms with Crippen LogP contribution in [0.3, 0.4) is 0 Å². The molecule has 0 radical (unpaired) electrons. The molecule has 0 saturated carbocycles. The first-order valence-electron chi connectivity index (χ1n) is 10.2. The minimum absolute atomic E-state index is 0.133. The van der Waals surface area contributed by atoms with Crippen molar-refractivity contribution in [3.05, 3.63) is 59.7 Å². The molecule has 168 valence electrons. The highest BCUT2D eigenvalue weighted by Gasteiger charge is 2.24. The molecule has 8 nitrogen and oxygen atoms in total. The van der Waals surface area contributed by atoms with Gasteiger partial charge in [-0.2, -0.15) is 0 Å². The molecule has 3 N–H and O–H groups in total. The molecule has 0 spiro atoms. The molecule has 0 bridgehead atoms. The Balaban J connectivity index is 1.63. The number of nitrogen functional groups attached to an aromatic ring is 1. The lowest BCUT2D eigenvalue weighted by atomic mass is 10.1. The summed E-state index contributed by atoms with van der Waals surface area (Å²) in [4.78, 5) is 35.2. The third-order valence-corrected chi connectivity index (χ3v) is 5.01. The Kier molecular flexibility index (Phi) is 7.42. The van der Waals surface area contributed by atoms with Crippen LogP contribution in [0, 0.1) is 0 Å². The predicted molar refractivity (Wildman–Crippen MR) is 126 cm³/mol. The van der Waals surface area contributed by atoms with Crippen molar-refractivity contribution in [2.24, 2.45) is 0 Å². The number of nitrogens with one attached hydrogen (secondary N) is 1. The van der Waals surface area contributed by atoms with Crippen molar-refractivity contribution in [2.75, 3.05) is 24.1 Å². The number of benzene rings is 1. The Labute approximate surface area is 191 Å². The average molecular weight is 454 g/mol. The quantitative estimate of drug-likeness (QED) is 0.555. The number of carbonyl (C=O) groups excluding carboxylic acids is 2. The molecule has 0 aliphatic carbocycles. The number of rotatable bonds is 7. The second-order valence-electron chi connectivity index (χ2n) is 8.17. The number of hydrogen-bond donors (Lipinski definition) is 2. The number of thiazole rings is 1. The molecular formula is C23H27N5O3S. The SMILES string of the molecule is CC(C)(C)OC(=O)N(CCc1ccccn1)CC(=O)Nc1ccc(-c2csc(N)n2)cc1. The van der Waals surface area contributed by atoms with Crippen molar-refractivity contribution < 1.29 is 14.3 Å². The summed E-state index contributed by atoms with van der Waals surface area (Å²) >= 11 is 1.37. The van der Waals surface area contributed by atoms with Crippen molar-refractivity contribution in [2.45, 2.75) is 32.8 Å². The van der Waals surface area contributed by atoms with Crippen LogP contribution < -0.4 is 11.1 Å². The van der Waals surface area contributed by atoms with Crippen molar-refractivity contribution in [3.8, 4) is 11.3 Å². The van der Waals surface area contributed by atoms with Crippen LogP contribution in [0.1, 0.15) is 26.5 Å². The number of hydrogen-bond acceptors (Lipinski definition) is 7. The van der Waals surface area contributed by atoms with Gasteiger partial charge in [-0.25, -0.2) is 9.78 Å². The summed E-state index contributed by atoms with van der Waals surface area (Å²) in [5.74, 6) is -0.317. The maximum Gasteiger partial charge on any atom is 0.410 e. The van der Waals surface area contributed by atoms with Crippen molar-refractivity contribution in [3.63, 3.8) is 0 Å². The number of nitrogens with zero attached hydrogens (tertiary/aromatic N) is 3. The van der Waals surface area contributed by atoms with E-state index in [-0.39, 0.29) is 12.5 Å². The summed E-state index contributed by atoms with van der Waals surface area (Å²) < 4.78 is 5.48. The van der Waals surface area contributed by atoms with E-state index in [2.05, 4.69) is 15.3 Å². The summed E-state index contributed by atoms with van der Waals surface area (Å²) in [5, 5.41) is 5.21. The molecule has 2 heterocycles. The average Bonchev–Trinajstić information content (AvgIpc) is 3.17. The Morgan fingerprint density at radius 1 is 1.16 bits per heavy atom. The van der Waals surface area contributed by atoms with Gasteiger partial charge in [0.25, 0.3) is 0 Å². The van der Waals surface area contributed by atoms with E-state index in [1.165, 1.54) is 16.2 Å². The Hall–Kier alpha value is -3.46. The normalized spacial score (nSPS) is 11.1. The molecule has 0 atom stereocenters. The molecule has 3 aromatic rings. The molecule has 1 aromatic carbocycles. The maximum atomic E-state index is 12.7. The van der Waals surface area contributed by atoms with Gasteiger partial charge in [-0.15, -0.1) is 11.3 Å². The van der Waals surface area contributed by atoms with Crippen LogP contribution in [-0.4, -0.2) is 45.6 Å². The molecule has 0 saturated heterocycles. The van der Waals surface area contributed by atoms with Gasteiger partial charge in [-0.05, 0) is 45.0 Å². The first-order chi connectivity index (χ1) is 15.2. The number of pyridine rings is 1. The van der Waals surface area contributed by atoms with Gasteiger partial charge in [0.1, 0.15) is 12.1 Å². The van der Waals surface area contributed by atoms with Crippen LogP contribution >= 0.6 is 11.3 Å². The lowest BCUT2D eigenvalue weighted by Crippen LogP contribution is -2.42. The fourth-order valence-corrected chi connectivity index (χ4v) is 3.45. The molecule has 0 fully saturated rings. The zero-order valence-electron chi connectivity index (χ0n) is 18.4. The van der Waals surface area contributed by atoms with Gasteiger partial charge in [0.2, 0.25) is 5.91 Å². The zero-order chi connectivity index (χ0) is 23.1. The fourth-order valence-electron chi connectivity index (χ4n) is 2.88. The maximum absolute atomic E-state index is 12.7. The monoisotopic (exact) mass is 453 g/mol. The van der Waals surface area contributed by atoms with Crippen LogP contribution in [0.2, 0.25) is 0 Å². The number of nitrogens with two attached hydrogens (primary N) is 1. The topological polar surface area (TPSA) is 110 Å². The highest BCUT2D eigenvalue weighted by atomic mass is 32.1. The van der Waals surface area contributed by atoms with E-state index in [0.29, 0.717) is 23.8 Å². The minimum Gasteiger partial charge on any atom is -0.444 e. The van der Waals surface area contributed by atoms with Gasteiger partial charge in [0.05, 0.1) is 5.69 Å². The van der Waals surface area contributed by atoms with Crippen LogP contribution in [0.5, 0.6) is 0 Å². The minimum atomic E-state index is -0.661. The molecule has 32 heavy (non-hydrogen) atoms. The van der Waals surface area contributed by atoms with Crippen LogP contribution in [-0.2, 0) is 16.0 Å². The number of aromatic nitrogens is 2. The molecule has 2 aromatic heterocycles. The zero-order valence-corrected chi connectivity index (χ0v) is 19.2. The summed E-state index contributed by atoms with van der Waals surface area (Å²) in [5.41, 5.74) is 8.17. The molecule has 0 aliphatic heterocycles. The lowest BCUT2D eigenvalue weighted by molar-refractivity contribution is -0.117. The third kappa shape index (κ3) is 7.05. The Morgan fingerprint density at radius 2 is 1.91 bits per heavy atom. The van der Waals surface area contributed by atoms with Crippen molar-refractivity contribution in [1.82, 2.24) is 14.9 Å². The standard InChI is InChI=1S/C23H27N5O3S/c1-23(2,3)31-22(30)28(13-11-17-6-4-5-12-25-17)14-20(29)26-18-9-7-16(8-10-18)19-15-32-21(24)27-19/h4-10,12,15H,11,13-14H2,1-3H3,(H2,24,27)(H,26,29). The second kappa shape index (κ2) is 10.2. The van der Waals surface area contributed by atoms with Gasteiger partial charge in [-0.1, -0.05) is 18.2 Å². The van der Waals surface area contributed by atoms with Gasteiger partial charge < -0.3 is 15.8 Å². The van der Waals surface area contributed by atoms with Gasteiger partial charge in [0.15, 0.2) is 5.13 Å². The summed E-state index contributed by atoms with van der Waals surface area (Å²) in [6.45, 7) is 5.55. The molecular weight excluding hydrogens is 426 g/mol. The fraction of sp³-hybridized carbons (Fsp3) is 0.304. The van der Waals surface area contributed by atoms with Crippen LogP contribution in [0.15, 0.2) is 54.0 Å². The second-order valence-corrected chi connectivity index (χ2v) is 9.06. The molecule has 0 aliphatic rings. The van der Waals surface area contributed by atoms with E-state index in [1.807, 2.05) is 35.7 Å². The van der Waals surface area contributed by atoms with Crippen molar-refractivity contribution in [1.29, 1.82) is 0 Å². The van der Waals surface area contributed by atoms with E-state index < -0.39 is 11.7 Å². The van der Waals surface area contributed by atoms with E-state index in [0.717, 1.165) is 17.0 Å². The summed E-state index contributed by atoms with van der Waals surface area (Å²) in [6.07, 6.45) is 1.67. The lowest BCUT2D eigenvalue weighted by Gasteiger charge is -2.27. The highest BCUT2D eigenvalue weighted by molar-refractivity contribution is 7.13.